The molecule has 3 aromatic heterocycles. The molecule has 5 nitrogen and oxygen atoms in total. The fourth-order valence-corrected chi connectivity index (χ4v) is 7.14. The predicted molar refractivity (Wildman–Crippen MR) is 208 cm³/mol. The van der Waals surface area contributed by atoms with E-state index in [0.29, 0.717) is 0 Å². The molecule has 50 heavy (non-hydrogen) atoms. The highest BCUT2D eigenvalue weighted by molar-refractivity contribution is 6.12. The first-order valence-corrected chi connectivity index (χ1v) is 17.6. The maximum Gasteiger partial charge on any atom is 0.137 e. The summed E-state index contributed by atoms with van der Waals surface area (Å²) in [7, 11) is 0. The lowest BCUT2D eigenvalue weighted by molar-refractivity contribution is 0.479. The molecular weight excluding hydrogens is 613 g/mol. The van der Waals surface area contributed by atoms with Crippen LogP contribution in [0, 0.1) is 13.8 Å². The number of pyridine rings is 1. The molecule has 7 aromatic rings. The monoisotopic (exact) mass is 660 g/mol. The third kappa shape index (κ3) is 6.00. The van der Waals surface area contributed by atoms with Crippen molar-refractivity contribution in [1.82, 2.24) is 19.3 Å². The van der Waals surface area contributed by atoms with Crippen LogP contribution in [-0.2, 0) is 16.2 Å². The average Bonchev–Trinajstić information content (AvgIpc) is 3.59. The molecule has 254 valence electrons. The predicted octanol–water partition coefficient (Wildman–Crippen LogP) is 11.7. The molecule has 0 radical (unpaired) electrons. The van der Waals surface area contributed by atoms with E-state index in [-0.39, 0.29) is 16.2 Å². The zero-order valence-corrected chi connectivity index (χ0v) is 31.1. The third-order valence-electron chi connectivity index (χ3n) is 10.0. The van der Waals surface area contributed by atoms with Crippen molar-refractivity contribution >= 4 is 21.8 Å². The number of hydrogen-bond donors (Lipinski definition) is 0. The van der Waals surface area contributed by atoms with E-state index in [1.807, 2.05) is 29.9 Å². The number of nitrogens with zero attached hydrogens (tertiary/aromatic N) is 4. The lowest BCUT2D eigenvalue weighted by Crippen LogP contribution is -2.18. The van der Waals surface area contributed by atoms with Crippen LogP contribution in [0.15, 0.2) is 109 Å². The first-order valence-electron chi connectivity index (χ1n) is 17.6. The number of aryl methyl sites for hydroxylation is 2. The Bertz CT molecular complexity index is 2360. The number of fused-ring (bicyclic) bond motifs is 3. The van der Waals surface area contributed by atoms with Gasteiger partial charge in [0.25, 0.3) is 0 Å². The van der Waals surface area contributed by atoms with Crippen molar-refractivity contribution in [3.05, 3.63) is 143 Å². The van der Waals surface area contributed by atoms with Gasteiger partial charge in [-0.1, -0.05) is 97.9 Å². The smallest absolute Gasteiger partial charge is 0.137 e. The van der Waals surface area contributed by atoms with E-state index in [1.165, 1.54) is 33.0 Å². The molecule has 0 aliphatic carbocycles. The standard InChI is InChI=1S/C45H48N4O/c1-29-23-30(2)49(47-29)34-17-14-18-35(26-34)50-36-27-38(44(6,7)8)42-37-24-33(45(9,10)31-15-12-11-13-16-31)19-20-39(37)48(40(42)28-36)41-25-32(21-22-46-41)43(3,4)5/h11-28H,1-10H3. The van der Waals surface area contributed by atoms with E-state index in [1.54, 1.807) is 0 Å². The van der Waals surface area contributed by atoms with Crippen LogP contribution in [0.4, 0.5) is 0 Å². The van der Waals surface area contributed by atoms with Gasteiger partial charge in [-0.25, -0.2) is 9.67 Å². The van der Waals surface area contributed by atoms with Gasteiger partial charge >= 0.3 is 0 Å². The Morgan fingerprint density at radius 2 is 1.36 bits per heavy atom. The molecule has 7 rings (SSSR count). The Labute approximate surface area is 296 Å². The van der Waals surface area contributed by atoms with Crippen LogP contribution in [0.3, 0.4) is 0 Å². The Kier molecular flexibility index (Phi) is 8.01. The minimum Gasteiger partial charge on any atom is -0.457 e. The van der Waals surface area contributed by atoms with Gasteiger partial charge in [0.05, 0.1) is 22.4 Å². The van der Waals surface area contributed by atoms with E-state index in [4.69, 9.17) is 14.8 Å². The first kappa shape index (κ1) is 33.3. The van der Waals surface area contributed by atoms with E-state index in [2.05, 4.69) is 158 Å². The van der Waals surface area contributed by atoms with Crippen molar-refractivity contribution in [3.8, 4) is 23.0 Å². The van der Waals surface area contributed by atoms with Crippen LogP contribution in [0.25, 0.3) is 33.3 Å². The van der Waals surface area contributed by atoms with Crippen LogP contribution in [-0.4, -0.2) is 19.3 Å². The number of rotatable bonds is 6. The minimum absolute atomic E-state index is 0.0232. The highest BCUT2D eigenvalue weighted by Crippen LogP contribution is 2.44. The molecule has 0 saturated carbocycles. The molecule has 0 saturated heterocycles. The summed E-state index contributed by atoms with van der Waals surface area (Å²) in [6.07, 6.45) is 1.94. The summed E-state index contributed by atoms with van der Waals surface area (Å²) in [4.78, 5) is 4.99. The Morgan fingerprint density at radius 1 is 0.600 bits per heavy atom. The quantitative estimate of drug-likeness (QED) is 0.178. The molecule has 0 aliphatic rings. The van der Waals surface area contributed by atoms with Gasteiger partial charge in [-0.3, -0.25) is 4.57 Å². The zero-order chi connectivity index (χ0) is 35.6. The van der Waals surface area contributed by atoms with Crippen LogP contribution in [0.2, 0.25) is 0 Å². The van der Waals surface area contributed by atoms with E-state index < -0.39 is 0 Å². The van der Waals surface area contributed by atoms with Gasteiger partial charge in [0.2, 0.25) is 0 Å². The summed E-state index contributed by atoms with van der Waals surface area (Å²) in [6, 6.07) is 36.8. The molecule has 5 heteroatoms. The number of benzene rings is 4. The van der Waals surface area contributed by atoms with Gasteiger partial charge in [-0.05, 0) is 95.5 Å². The molecule has 0 bridgehead atoms. The second-order valence-corrected chi connectivity index (χ2v) is 16.3. The Morgan fingerprint density at radius 3 is 2.04 bits per heavy atom. The van der Waals surface area contributed by atoms with Gasteiger partial charge in [-0.2, -0.15) is 5.10 Å². The van der Waals surface area contributed by atoms with Crippen molar-refractivity contribution in [2.75, 3.05) is 0 Å². The van der Waals surface area contributed by atoms with Crippen molar-refractivity contribution < 1.29 is 4.74 Å². The van der Waals surface area contributed by atoms with Crippen LogP contribution >= 0.6 is 0 Å². The summed E-state index contributed by atoms with van der Waals surface area (Å²) in [6.45, 7) is 22.3. The maximum absolute atomic E-state index is 6.76. The highest BCUT2D eigenvalue weighted by Gasteiger charge is 2.28. The van der Waals surface area contributed by atoms with Crippen molar-refractivity contribution in [2.45, 2.75) is 85.5 Å². The third-order valence-corrected chi connectivity index (χ3v) is 10.0. The summed E-state index contributed by atoms with van der Waals surface area (Å²) in [5, 5.41) is 7.15. The summed E-state index contributed by atoms with van der Waals surface area (Å²) in [5.74, 6) is 2.45. The largest absolute Gasteiger partial charge is 0.457 e. The molecule has 0 atom stereocenters. The molecule has 4 aromatic carbocycles. The van der Waals surface area contributed by atoms with Gasteiger partial charge in [-0.15, -0.1) is 0 Å². The van der Waals surface area contributed by atoms with Crippen LogP contribution in [0.5, 0.6) is 11.5 Å². The Hall–Kier alpha value is -5.16. The molecule has 0 N–H and O–H groups in total. The zero-order valence-electron chi connectivity index (χ0n) is 31.1. The van der Waals surface area contributed by atoms with Crippen molar-refractivity contribution in [3.63, 3.8) is 0 Å². The molecule has 0 fully saturated rings. The van der Waals surface area contributed by atoms with Gasteiger partial charge in [0.1, 0.15) is 17.3 Å². The normalized spacial score (nSPS) is 12.6. The van der Waals surface area contributed by atoms with Crippen LogP contribution in [0.1, 0.15) is 89.0 Å². The number of ether oxygens (including phenoxy) is 1. The molecule has 0 unspecified atom stereocenters. The summed E-state index contributed by atoms with van der Waals surface area (Å²) >= 11 is 0. The maximum atomic E-state index is 6.76. The van der Waals surface area contributed by atoms with Crippen molar-refractivity contribution in [1.29, 1.82) is 0 Å². The lowest BCUT2D eigenvalue weighted by Gasteiger charge is -2.26. The number of aromatic nitrogens is 4. The average molecular weight is 661 g/mol. The van der Waals surface area contributed by atoms with Gasteiger partial charge in [0, 0.05) is 40.2 Å². The molecule has 0 amide bonds. The Balaban J connectivity index is 1.49. The second kappa shape index (κ2) is 12.0. The number of hydrogen-bond acceptors (Lipinski definition) is 3. The SMILES string of the molecule is Cc1cc(C)n(-c2cccc(Oc3cc(C(C)(C)C)c4c5cc(C(C)(C)c6ccccc6)ccc5n(-c5cc(C(C)(C)C)ccn5)c4c3)c2)n1. The fraction of sp³-hybridized carbons (Fsp3) is 0.289. The molecule has 3 heterocycles. The molecule has 0 spiro atoms. The summed E-state index contributed by atoms with van der Waals surface area (Å²) < 4.78 is 11.0. The first-order chi connectivity index (χ1) is 23.6. The van der Waals surface area contributed by atoms with E-state index in [9.17, 15) is 0 Å². The molecule has 0 aliphatic heterocycles. The topological polar surface area (TPSA) is 44.9 Å². The fourth-order valence-electron chi connectivity index (χ4n) is 7.14. The molecular formula is C45H48N4O. The van der Waals surface area contributed by atoms with E-state index >= 15 is 0 Å². The van der Waals surface area contributed by atoms with Crippen molar-refractivity contribution in [2.24, 2.45) is 0 Å². The lowest BCUT2D eigenvalue weighted by atomic mass is 9.77. The van der Waals surface area contributed by atoms with Gasteiger partial charge < -0.3 is 4.74 Å². The minimum atomic E-state index is -0.185. The van der Waals surface area contributed by atoms with Gasteiger partial charge in [0.15, 0.2) is 0 Å². The van der Waals surface area contributed by atoms with E-state index in [0.717, 1.165) is 45.4 Å². The second-order valence-electron chi connectivity index (χ2n) is 16.3. The summed E-state index contributed by atoms with van der Waals surface area (Å²) in [5.41, 5.74) is 9.89. The highest BCUT2D eigenvalue weighted by atomic mass is 16.5. The van der Waals surface area contributed by atoms with Crippen LogP contribution < -0.4 is 4.74 Å².